The summed E-state index contributed by atoms with van der Waals surface area (Å²) in [6.07, 6.45) is 2.16. The van der Waals surface area contributed by atoms with Gasteiger partial charge in [0.15, 0.2) is 11.6 Å². The van der Waals surface area contributed by atoms with Crippen LogP contribution >= 0.6 is 0 Å². The molecule has 0 fully saturated rings. The van der Waals surface area contributed by atoms with Crippen LogP contribution in [0.5, 0.6) is 5.75 Å². The summed E-state index contributed by atoms with van der Waals surface area (Å²) >= 11 is 0. The quantitative estimate of drug-likeness (QED) is 0.921. The fourth-order valence-corrected chi connectivity index (χ4v) is 3.06. The van der Waals surface area contributed by atoms with Gasteiger partial charge in [-0.05, 0) is 37.1 Å². The molecule has 1 atom stereocenters. The molecule has 0 heterocycles. The second-order valence-electron chi connectivity index (χ2n) is 5.42. The maximum Gasteiger partial charge on any atom is 0.165 e. The SMILES string of the molecule is CN(Cc1cccc(F)c1O)C1CCc2ccccc21. The van der Waals surface area contributed by atoms with Crippen LogP contribution < -0.4 is 0 Å². The second kappa shape index (κ2) is 5.25. The van der Waals surface area contributed by atoms with Crippen molar-refractivity contribution in [2.24, 2.45) is 0 Å². The molecule has 20 heavy (non-hydrogen) atoms. The maximum absolute atomic E-state index is 13.4. The molecule has 3 heteroatoms. The number of hydrogen-bond donors (Lipinski definition) is 1. The summed E-state index contributed by atoms with van der Waals surface area (Å²) < 4.78 is 13.4. The first-order chi connectivity index (χ1) is 9.66. The van der Waals surface area contributed by atoms with Gasteiger partial charge in [-0.3, -0.25) is 4.90 Å². The minimum Gasteiger partial charge on any atom is -0.505 e. The third-order valence-electron chi connectivity index (χ3n) is 4.12. The molecule has 0 amide bonds. The lowest BCUT2D eigenvalue weighted by atomic mass is 10.1. The summed E-state index contributed by atoms with van der Waals surface area (Å²) in [4.78, 5) is 2.18. The minimum atomic E-state index is -0.553. The van der Waals surface area contributed by atoms with Gasteiger partial charge in [0.05, 0.1) is 0 Å². The molecule has 2 aromatic carbocycles. The summed E-state index contributed by atoms with van der Waals surface area (Å²) in [5, 5.41) is 9.78. The molecule has 104 valence electrons. The molecule has 0 aliphatic heterocycles. The van der Waals surface area contributed by atoms with Crippen molar-refractivity contribution in [3.63, 3.8) is 0 Å². The largest absolute Gasteiger partial charge is 0.505 e. The molecule has 0 saturated heterocycles. The van der Waals surface area contributed by atoms with Gasteiger partial charge in [0.1, 0.15) is 0 Å². The summed E-state index contributed by atoms with van der Waals surface area (Å²) in [5.74, 6) is -0.784. The Kier molecular flexibility index (Phi) is 3.45. The maximum atomic E-state index is 13.4. The molecular weight excluding hydrogens is 253 g/mol. The number of aromatic hydroxyl groups is 1. The molecule has 2 aromatic rings. The fourth-order valence-electron chi connectivity index (χ4n) is 3.06. The second-order valence-corrected chi connectivity index (χ2v) is 5.42. The van der Waals surface area contributed by atoms with Gasteiger partial charge in [0.25, 0.3) is 0 Å². The number of phenols is 1. The van der Waals surface area contributed by atoms with Crippen LogP contribution in [0.25, 0.3) is 0 Å². The van der Waals surface area contributed by atoms with E-state index >= 15 is 0 Å². The van der Waals surface area contributed by atoms with Gasteiger partial charge in [0.2, 0.25) is 0 Å². The Morgan fingerprint density at radius 3 is 2.85 bits per heavy atom. The van der Waals surface area contributed by atoms with Gasteiger partial charge in [-0.2, -0.15) is 0 Å². The van der Waals surface area contributed by atoms with E-state index in [2.05, 4.69) is 29.2 Å². The number of rotatable bonds is 3. The average molecular weight is 271 g/mol. The van der Waals surface area contributed by atoms with E-state index in [1.807, 2.05) is 7.05 Å². The fraction of sp³-hybridized carbons (Fsp3) is 0.294. The Hall–Kier alpha value is -1.87. The van der Waals surface area contributed by atoms with Crippen LogP contribution in [-0.2, 0) is 13.0 Å². The van der Waals surface area contributed by atoms with E-state index in [4.69, 9.17) is 0 Å². The molecule has 1 unspecified atom stereocenters. The Labute approximate surface area is 118 Å². The lowest BCUT2D eigenvalue weighted by molar-refractivity contribution is 0.232. The number of hydrogen-bond acceptors (Lipinski definition) is 2. The Morgan fingerprint density at radius 2 is 2.00 bits per heavy atom. The molecule has 1 aliphatic rings. The third-order valence-corrected chi connectivity index (χ3v) is 4.12. The topological polar surface area (TPSA) is 23.5 Å². The predicted molar refractivity (Wildman–Crippen MR) is 77.0 cm³/mol. The van der Waals surface area contributed by atoms with Crippen molar-refractivity contribution in [1.82, 2.24) is 4.90 Å². The van der Waals surface area contributed by atoms with Crippen molar-refractivity contribution in [2.45, 2.75) is 25.4 Å². The van der Waals surface area contributed by atoms with Crippen LogP contribution in [0.4, 0.5) is 4.39 Å². The highest BCUT2D eigenvalue weighted by molar-refractivity contribution is 5.36. The van der Waals surface area contributed by atoms with Crippen molar-refractivity contribution >= 4 is 0 Å². The van der Waals surface area contributed by atoms with Crippen molar-refractivity contribution in [3.05, 3.63) is 65.0 Å². The van der Waals surface area contributed by atoms with Gasteiger partial charge >= 0.3 is 0 Å². The molecule has 0 bridgehead atoms. The number of para-hydroxylation sites is 1. The van der Waals surface area contributed by atoms with Crippen molar-refractivity contribution in [3.8, 4) is 5.75 Å². The van der Waals surface area contributed by atoms with Crippen molar-refractivity contribution in [1.29, 1.82) is 0 Å². The van der Waals surface area contributed by atoms with E-state index in [-0.39, 0.29) is 5.75 Å². The van der Waals surface area contributed by atoms with Gasteiger partial charge < -0.3 is 5.11 Å². The highest BCUT2D eigenvalue weighted by atomic mass is 19.1. The van der Waals surface area contributed by atoms with E-state index in [9.17, 15) is 9.50 Å². The summed E-state index contributed by atoms with van der Waals surface area (Å²) in [7, 11) is 2.02. The lowest BCUT2D eigenvalue weighted by Crippen LogP contribution is -2.22. The van der Waals surface area contributed by atoms with Gasteiger partial charge in [0, 0.05) is 18.2 Å². The van der Waals surface area contributed by atoms with Gasteiger partial charge in [-0.1, -0.05) is 36.4 Å². The lowest BCUT2D eigenvalue weighted by Gasteiger charge is -2.25. The van der Waals surface area contributed by atoms with E-state index < -0.39 is 5.82 Å². The highest BCUT2D eigenvalue weighted by Crippen LogP contribution is 2.36. The van der Waals surface area contributed by atoms with Crippen LogP contribution in [0.2, 0.25) is 0 Å². The van der Waals surface area contributed by atoms with Crippen LogP contribution in [0, 0.1) is 5.82 Å². The Morgan fingerprint density at radius 1 is 1.20 bits per heavy atom. The monoisotopic (exact) mass is 271 g/mol. The first-order valence-corrected chi connectivity index (χ1v) is 6.91. The normalized spacial score (nSPS) is 17.4. The van der Waals surface area contributed by atoms with Crippen LogP contribution in [0.15, 0.2) is 42.5 Å². The number of halogens is 1. The Bertz CT molecular complexity index is 626. The number of fused-ring (bicyclic) bond motifs is 1. The predicted octanol–water partition coefficient (Wildman–Crippen LogP) is 3.65. The highest BCUT2D eigenvalue weighted by Gasteiger charge is 2.25. The standard InChI is InChI=1S/C17H18FNO/c1-19(11-13-6-4-8-15(18)17(13)20)16-10-9-12-5-2-3-7-14(12)16/h2-8,16,20H,9-11H2,1H3. The van der Waals surface area contributed by atoms with E-state index in [1.165, 1.54) is 17.2 Å². The number of nitrogens with zero attached hydrogens (tertiary/aromatic N) is 1. The smallest absolute Gasteiger partial charge is 0.165 e. The molecular formula is C17H18FNO. The third kappa shape index (κ3) is 2.29. The minimum absolute atomic E-state index is 0.231. The summed E-state index contributed by atoms with van der Waals surface area (Å²) in [5.41, 5.74) is 3.38. The number of benzene rings is 2. The van der Waals surface area contributed by atoms with Gasteiger partial charge in [-0.15, -0.1) is 0 Å². The molecule has 0 spiro atoms. The van der Waals surface area contributed by atoms with E-state index in [0.717, 1.165) is 12.8 Å². The van der Waals surface area contributed by atoms with Crippen molar-refractivity contribution < 1.29 is 9.50 Å². The number of aryl methyl sites for hydroxylation is 1. The van der Waals surface area contributed by atoms with E-state index in [1.54, 1.807) is 12.1 Å². The van der Waals surface area contributed by atoms with Crippen LogP contribution in [0.3, 0.4) is 0 Å². The first-order valence-electron chi connectivity index (χ1n) is 6.91. The zero-order chi connectivity index (χ0) is 14.1. The van der Waals surface area contributed by atoms with Crippen molar-refractivity contribution in [2.75, 3.05) is 7.05 Å². The molecule has 3 rings (SSSR count). The molecule has 2 nitrogen and oxygen atoms in total. The molecule has 0 aromatic heterocycles. The zero-order valence-corrected chi connectivity index (χ0v) is 11.5. The first kappa shape index (κ1) is 13.1. The van der Waals surface area contributed by atoms with Crippen LogP contribution in [0.1, 0.15) is 29.2 Å². The Balaban J connectivity index is 1.81. The van der Waals surface area contributed by atoms with E-state index in [0.29, 0.717) is 18.2 Å². The molecule has 0 saturated carbocycles. The molecule has 1 aliphatic carbocycles. The zero-order valence-electron chi connectivity index (χ0n) is 11.5. The number of phenolic OH excluding ortho intramolecular Hbond substituents is 1. The molecule has 1 N–H and O–H groups in total. The summed E-state index contributed by atoms with van der Waals surface area (Å²) in [6, 6.07) is 13.5. The van der Waals surface area contributed by atoms with Gasteiger partial charge in [-0.25, -0.2) is 4.39 Å². The average Bonchev–Trinajstić information content (AvgIpc) is 2.88. The molecule has 0 radical (unpaired) electrons. The van der Waals surface area contributed by atoms with Crippen LogP contribution in [-0.4, -0.2) is 17.1 Å². The summed E-state index contributed by atoms with van der Waals surface area (Å²) in [6.45, 7) is 0.544.